The topological polar surface area (TPSA) is 85.0 Å². The molecule has 3 rings (SSSR count). The first-order valence-corrected chi connectivity index (χ1v) is 8.82. The van der Waals surface area contributed by atoms with Crippen LogP contribution in [0.15, 0.2) is 36.1 Å². The molecule has 1 aromatic heterocycles. The molecule has 1 aliphatic rings. The predicted octanol–water partition coefficient (Wildman–Crippen LogP) is 3.13. The summed E-state index contributed by atoms with van der Waals surface area (Å²) in [7, 11) is -5.78. The van der Waals surface area contributed by atoms with E-state index in [2.05, 4.69) is 9.28 Å². The van der Waals surface area contributed by atoms with Crippen LogP contribution in [0, 0.1) is 11.3 Å². The molecule has 6 nitrogen and oxygen atoms in total. The smallest absolute Gasteiger partial charge is 0.380 e. The van der Waals surface area contributed by atoms with E-state index >= 15 is 0 Å². The Morgan fingerprint density at radius 1 is 1.31 bits per heavy atom. The molecule has 0 amide bonds. The first-order valence-electron chi connectivity index (χ1n) is 7.41. The molecule has 0 fully saturated rings. The largest absolute Gasteiger partial charge is 0.534 e. The van der Waals surface area contributed by atoms with Crippen LogP contribution in [0.2, 0.25) is 0 Å². The number of hydrogen-bond donors (Lipinski definition) is 0. The van der Waals surface area contributed by atoms with Crippen molar-refractivity contribution in [1.29, 1.82) is 5.26 Å². The van der Waals surface area contributed by atoms with Crippen LogP contribution in [0.1, 0.15) is 35.4 Å². The zero-order valence-electron chi connectivity index (χ0n) is 13.4. The third kappa shape index (κ3) is 3.06. The second-order valence-electron chi connectivity index (χ2n) is 5.65. The maximum atomic E-state index is 12.6. The van der Waals surface area contributed by atoms with E-state index in [0.717, 1.165) is 5.56 Å². The highest BCUT2D eigenvalue weighted by atomic mass is 32.2. The Labute approximate surface area is 147 Å². The molecular weight excluding hydrogens is 371 g/mol. The quantitative estimate of drug-likeness (QED) is 0.598. The lowest BCUT2D eigenvalue weighted by atomic mass is 10.0. The van der Waals surface area contributed by atoms with Gasteiger partial charge in [0.2, 0.25) is 0 Å². The lowest BCUT2D eigenvalue weighted by molar-refractivity contribution is -0.0523. The number of halogens is 3. The minimum atomic E-state index is -5.78. The number of benzene rings is 1. The van der Waals surface area contributed by atoms with E-state index in [-0.39, 0.29) is 12.2 Å². The van der Waals surface area contributed by atoms with Gasteiger partial charge in [0.25, 0.3) is 0 Å². The third-order valence-corrected chi connectivity index (χ3v) is 4.92. The lowest BCUT2D eigenvalue weighted by Crippen LogP contribution is -2.25. The number of rotatable bonds is 4. The molecule has 0 spiro atoms. The summed E-state index contributed by atoms with van der Waals surface area (Å²) < 4.78 is 66.0. The van der Waals surface area contributed by atoms with E-state index in [1.165, 1.54) is 17.7 Å². The van der Waals surface area contributed by atoms with Gasteiger partial charge in [-0.05, 0) is 5.56 Å². The molecule has 1 aromatic carbocycles. The van der Waals surface area contributed by atoms with Gasteiger partial charge in [-0.3, -0.25) is 4.68 Å². The molecule has 0 unspecified atom stereocenters. The van der Waals surface area contributed by atoms with Crippen LogP contribution in [0.4, 0.5) is 13.2 Å². The number of fused-ring (bicyclic) bond motifs is 1. The Morgan fingerprint density at radius 3 is 2.54 bits per heavy atom. The van der Waals surface area contributed by atoms with Crippen LogP contribution in [0.5, 0.6) is 0 Å². The molecule has 1 aliphatic carbocycles. The van der Waals surface area contributed by atoms with Crippen LogP contribution in [-0.4, -0.2) is 23.7 Å². The molecule has 2 aromatic rings. The fourth-order valence-electron chi connectivity index (χ4n) is 2.70. The average molecular weight is 383 g/mol. The van der Waals surface area contributed by atoms with E-state index in [1.54, 1.807) is 0 Å². The van der Waals surface area contributed by atoms with Crippen LogP contribution >= 0.6 is 0 Å². The lowest BCUT2D eigenvalue weighted by Gasteiger charge is -2.13. The highest BCUT2D eigenvalue weighted by Gasteiger charge is 2.50. The summed E-state index contributed by atoms with van der Waals surface area (Å²) in [6, 6.07) is 11.0. The first-order chi connectivity index (χ1) is 12.1. The summed E-state index contributed by atoms with van der Waals surface area (Å²) in [6.07, 6.45) is 1.18. The molecule has 0 saturated heterocycles. The number of nitriles is 1. The summed E-state index contributed by atoms with van der Waals surface area (Å²) >= 11 is 0. The van der Waals surface area contributed by atoms with E-state index in [1.807, 2.05) is 36.4 Å². The summed E-state index contributed by atoms with van der Waals surface area (Å²) in [5, 5.41) is 13.4. The van der Waals surface area contributed by atoms with E-state index in [4.69, 9.17) is 0 Å². The number of alkyl halides is 3. The van der Waals surface area contributed by atoms with Crippen molar-refractivity contribution in [3.8, 4) is 6.07 Å². The van der Waals surface area contributed by atoms with Gasteiger partial charge in [-0.1, -0.05) is 37.3 Å². The third-order valence-electron chi connectivity index (χ3n) is 3.94. The monoisotopic (exact) mass is 383 g/mol. The summed E-state index contributed by atoms with van der Waals surface area (Å²) in [5.74, 6) is -1.24. The van der Waals surface area contributed by atoms with Gasteiger partial charge in [0.15, 0.2) is 5.69 Å². The zero-order chi connectivity index (χ0) is 19.1. The van der Waals surface area contributed by atoms with Gasteiger partial charge in [-0.25, -0.2) is 0 Å². The molecule has 26 heavy (non-hydrogen) atoms. The Kier molecular flexibility index (Phi) is 4.28. The van der Waals surface area contributed by atoms with Gasteiger partial charge in [0, 0.05) is 17.6 Å². The van der Waals surface area contributed by atoms with Crippen LogP contribution in [0.3, 0.4) is 0 Å². The summed E-state index contributed by atoms with van der Waals surface area (Å²) in [6.45, 7) is 1.73. The van der Waals surface area contributed by atoms with Crippen molar-refractivity contribution < 1.29 is 25.8 Å². The van der Waals surface area contributed by atoms with Gasteiger partial charge in [-0.15, -0.1) is 0 Å². The summed E-state index contributed by atoms with van der Waals surface area (Å²) in [4.78, 5) is 0. The SMILES string of the molecule is C[C@H]1C(OS(=O)(=O)C(F)(F)F)=Cc2c1c(C#N)nn2Cc1ccccc1. The Hall–Kier alpha value is -2.80. The minimum Gasteiger partial charge on any atom is -0.380 e. The highest BCUT2D eigenvalue weighted by Crippen LogP contribution is 2.41. The van der Waals surface area contributed by atoms with Gasteiger partial charge in [-0.2, -0.15) is 31.9 Å². The maximum absolute atomic E-state index is 12.6. The van der Waals surface area contributed by atoms with E-state index in [9.17, 15) is 26.9 Å². The van der Waals surface area contributed by atoms with Crippen LogP contribution in [-0.2, 0) is 20.8 Å². The maximum Gasteiger partial charge on any atom is 0.534 e. The second kappa shape index (κ2) is 6.17. The first kappa shape index (κ1) is 18.0. The van der Waals surface area contributed by atoms with Crippen LogP contribution in [0.25, 0.3) is 6.08 Å². The molecule has 136 valence electrons. The standard InChI is InChI=1S/C16H12F3N3O3S/c1-10-14(25-26(23,24)16(17,18)19)7-13-15(10)12(8-20)21-22(13)9-11-5-3-2-4-6-11/h2-7,10H,9H2,1H3/t10-/m0/s1. The predicted molar refractivity (Wildman–Crippen MR) is 84.9 cm³/mol. The number of aromatic nitrogens is 2. The molecule has 0 saturated carbocycles. The normalized spacial score (nSPS) is 16.7. The van der Waals surface area contributed by atoms with Crippen molar-refractivity contribution in [2.75, 3.05) is 0 Å². The zero-order valence-corrected chi connectivity index (χ0v) is 14.2. The molecule has 0 N–H and O–H groups in total. The second-order valence-corrected chi connectivity index (χ2v) is 7.19. The number of allylic oxidation sites excluding steroid dienone is 1. The molecule has 0 aliphatic heterocycles. The molecule has 0 bridgehead atoms. The van der Waals surface area contributed by atoms with Crippen molar-refractivity contribution in [2.24, 2.45) is 0 Å². The van der Waals surface area contributed by atoms with Gasteiger partial charge >= 0.3 is 15.6 Å². The van der Waals surface area contributed by atoms with Gasteiger partial charge in [0.1, 0.15) is 11.8 Å². The van der Waals surface area contributed by atoms with Crippen molar-refractivity contribution in [3.05, 3.63) is 58.6 Å². The Morgan fingerprint density at radius 2 is 1.96 bits per heavy atom. The highest BCUT2D eigenvalue weighted by molar-refractivity contribution is 7.87. The number of nitrogens with zero attached hydrogens (tertiary/aromatic N) is 3. The van der Waals surface area contributed by atoms with E-state index < -0.39 is 27.3 Å². The molecule has 10 heteroatoms. The van der Waals surface area contributed by atoms with E-state index in [0.29, 0.717) is 11.3 Å². The summed E-state index contributed by atoms with van der Waals surface area (Å²) in [5.41, 5.74) is -3.96. The Balaban J connectivity index is 1.99. The van der Waals surface area contributed by atoms with Gasteiger partial charge in [0.05, 0.1) is 12.2 Å². The van der Waals surface area contributed by atoms with Crippen molar-refractivity contribution in [1.82, 2.24) is 9.78 Å². The molecule has 0 radical (unpaired) electrons. The van der Waals surface area contributed by atoms with Crippen molar-refractivity contribution in [2.45, 2.75) is 24.9 Å². The van der Waals surface area contributed by atoms with Crippen molar-refractivity contribution >= 4 is 16.2 Å². The fourth-order valence-corrected chi connectivity index (χ4v) is 3.24. The fraction of sp³-hybridized carbons (Fsp3) is 0.250. The number of hydrogen-bond acceptors (Lipinski definition) is 5. The molecule has 1 heterocycles. The Bertz CT molecular complexity index is 1020. The average Bonchev–Trinajstić information content (AvgIpc) is 3.06. The molecule has 1 atom stereocenters. The van der Waals surface area contributed by atoms with Crippen LogP contribution < -0.4 is 0 Å². The van der Waals surface area contributed by atoms with Crippen molar-refractivity contribution in [3.63, 3.8) is 0 Å². The molecular formula is C16H12F3N3O3S. The minimum absolute atomic E-state index is 0.0164. The van der Waals surface area contributed by atoms with Gasteiger partial charge < -0.3 is 4.18 Å².